The standard InChI is InChI=1S/C14H19NO/c1-14(2)11-6-4-3-5-10(11)12(13(14)16)15-9-7-8-9/h3-6,9,12-13,15-16H,7-8H2,1-2H3. The first-order valence-electron chi connectivity index (χ1n) is 6.14. The minimum Gasteiger partial charge on any atom is -0.390 e. The topological polar surface area (TPSA) is 32.3 Å². The van der Waals surface area contributed by atoms with Crippen LogP contribution in [0.5, 0.6) is 0 Å². The van der Waals surface area contributed by atoms with E-state index in [1.807, 2.05) is 0 Å². The van der Waals surface area contributed by atoms with Gasteiger partial charge in [0.05, 0.1) is 12.1 Å². The summed E-state index contributed by atoms with van der Waals surface area (Å²) >= 11 is 0. The summed E-state index contributed by atoms with van der Waals surface area (Å²) in [5, 5.41) is 14.0. The first-order valence-corrected chi connectivity index (χ1v) is 6.14. The molecular weight excluding hydrogens is 198 g/mol. The molecule has 2 N–H and O–H groups in total. The Balaban J connectivity index is 2.00. The minimum absolute atomic E-state index is 0.124. The average molecular weight is 217 g/mol. The molecule has 0 aromatic heterocycles. The number of hydrogen-bond donors (Lipinski definition) is 2. The molecule has 0 heterocycles. The lowest BCUT2D eigenvalue weighted by molar-refractivity contribution is 0.0784. The van der Waals surface area contributed by atoms with E-state index in [0.29, 0.717) is 6.04 Å². The minimum atomic E-state index is -0.314. The van der Waals surface area contributed by atoms with E-state index in [2.05, 4.69) is 43.4 Å². The van der Waals surface area contributed by atoms with E-state index in [9.17, 15) is 5.11 Å². The van der Waals surface area contributed by atoms with Gasteiger partial charge in [0.1, 0.15) is 0 Å². The summed E-state index contributed by atoms with van der Waals surface area (Å²) in [7, 11) is 0. The van der Waals surface area contributed by atoms with Crippen molar-refractivity contribution in [2.24, 2.45) is 0 Å². The van der Waals surface area contributed by atoms with Crippen molar-refractivity contribution in [2.75, 3.05) is 0 Å². The van der Waals surface area contributed by atoms with Crippen LogP contribution in [0, 0.1) is 0 Å². The van der Waals surface area contributed by atoms with Crippen LogP contribution in [0.3, 0.4) is 0 Å². The molecule has 1 aromatic carbocycles. The highest BCUT2D eigenvalue weighted by Gasteiger charge is 2.46. The fourth-order valence-corrected chi connectivity index (χ4v) is 2.79. The molecule has 3 rings (SSSR count). The summed E-state index contributed by atoms with van der Waals surface area (Å²) in [5.41, 5.74) is 2.44. The predicted octanol–water partition coefficient (Wildman–Crippen LogP) is 2.13. The zero-order valence-corrected chi connectivity index (χ0v) is 9.90. The number of aliphatic hydroxyl groups is 1. The van der Waals surface area contributed by atoms with Crippen molar-refractivity contribution in [3.05, 3.63) is 35.4 Å². The molecule has 0 aliphatic heterocycles. The highest BCUT2D eigenvalue weighted by molar-refractivity contribution is 5.43. The van der Waals surface area contributed by atoms with Gasteiger partial charge in [-0.25, -0.2) is 0 Å². The smallest absolute Gasteiger partial charge is 0.0826 e. The van der Waals surface area contributed by atoms with Crippen molar-refractivity contribution >= 4 is 0 Å². The van der Waals surface area contributed by atoms with Crippen LogP contribution >= 0.6 is 0 Å². The highest BCUT2D eigenvalue weighted by Crippen LogP contribution is 2.45. The monoisotopic (exact) mass is 217 g/mol. The van der Waals surface area contributed by atoms with Crippen molar-refractivity contribution in [1.29, 1.82) is 0 Å². The molecule has 0 amide bonds. The molecule has 2 aliphatic rings. The van der Waals surface area contributed by atoms with Crippen LogP contribution < -0.4 is 5.32 Å². The van der Waals surface area contributed by atoms with Crippen molar-refractivity contribution in [1.82, 2.24) is 5.32 Å². The zero-order valence-electron chi connectivity index (χ0n) is 9.90. The number of aliphatic hydroxyl groups excluding tert-OH is 1. The van der Waals surface area contributed by atoms with Gasteiger partial charge in [-0.15, -0.1) is 0 Å². The van der Waals surface area contributed by atoms with Crippen molar-refractivity contribution in [2.45, 2.75) is 50.3 Å². The average Bonchev–Trinajstić information content (AvgIpc) is 3.05. The third-order valence-electron chi connectivity index (χ3n) is 4.04. The van der Waals surface area contributed by atoms with Crippen LogP contribution in [0.4, 0.5) is 0 Å². The number of fused-ring (bicyclic) bond motifs is 1. The van der Waals surface area contributed by atoms with Crippen molar-refractivity contribution in [3.8, 4) is 0 Å². The number of hydrogen-bond acceptors (Lipinski definition) is 2. The number of rotatable bonds is 2. The molecule has 2 atom stereocenters. The molecule has 0 saturated heterocycles. The summed E-state index contributed by atoms with van der Waals surface area (Å²) in [6, 6.07) is 9.17. The fraction of sp³-hybridized carbons (Fsp3) is 0.571. The zero-order chi connectivity index (χ0) is 11.3. The highest BCUT2D eigenvalue weighted by atomic mass is 16.3. The van der Waals surface area contributed by atoms with Crippen LogP contribution in [-0.2, 0) is 5.41 Å². The maximum Gasteiger partial charge on any atom is 0.0826 e. The third-order valence-corrected chi connectivity index (χ3v) is 4.04. The van der Waals surface area contributed by atoms with Crippen molar-refractivity contribution in [3.63, 3.8) is 0 Å². The molecule has 0 spiro atoms. The second-order valence-corrected chi connectivity index (χ2v) is 5.67. The Morgan fingerprint density at radius 2 is 1.94 bits per heavy atom. The quantitative estimate of drug-likeness (QED) is 0.795. The van der Waals surface area contributed by atoms with E-state index in [-0.39, 0.29) is 17.6 Å². The van der Waals surface area contributed by atoms with Gasteiger partial charge in [-0.3, -0.25) is 0 Å². The summed E-state index contributed by atoms with van der Waals surface area (Å²) in [5.74, 6) is 0. The van der Waals surface area contributed by atoms with Crippen LogP contribution in [0.15, 0.2) is 24.3 Å². The van der Waals surface area contributed by atoms with Gasteiger partial charge in [-0.2, -0.15) is 0 Å². The van der Waals surface area contributed by atoms with E-state index in [1.54, 1.807) is 0 Å². The van der Waals surface area contributed by atoms with E-state index < -0.39 is 0 Å². The molecule has 86 valence electrons. The SMILES string of the molecule is CC1(C)c2ccccc2C(NC2CC2)C1O. The summed E-state index contributed by atoms with van der Waals surface area (Å²) < 4.78 is 0. The predicted molar refractivity (Wildman–Crippen MR) is 64.4 cm³/mol. The Morgan fingerprint density at radius 1 is 1.25 bits per heavy atom. The van der Waals surface area contributed by atoms with Crippen molar-refractivity contribution < 1.29 is 5.11 Å². The largest absolute Gasteiger partial charge is 0.390 e. The lowest BCUT2D eigenvalue weighted by Crippen LogP contribution is -2.38. The fourth-order valence-electron chi connectivity index (χ4n) is 2.79. The van der Waals surface area contributed by atoms with Gasteiger partial charge < -0.3 is 10.4 Å². The second-order valence-electron chi connectivity index (χ2n) is 5.67. The lowest BCUT2D eigenvalue weighted by Gasteiger charge is -2.27. The van der Waals surface area contributed by atoms with Gasteiger partial charge in [0.15, 0.2) is 0 Å². The number of nitrogens with one attached hydrogen (secondary N) is 1. The van der Waals surface area contributed by atoms with Gasteiger partial charge in [0.25, 0.3) is 0 Å². The maximum absolute atomic E-state index is 10.5. The van der Waals surface area contributed by atoms with Crippen LogP contribution in [0.1, 0.15) is 43.9 Å². The van der Waals surface area contributed by atoms with Crippen LogP contribution in [0.25, 0.3) is 0 Å². The first-order chi connectivity index (χ1) is 7.60. The third kappa shape index (κ3) is 1.40. The molecule has 16 heavy (non-hydrogen) atoms. The molecule has 1 aromatic rings. The van der Waals surface area contributed by atoms with Gasteiger partial charge >= 0.3 is 0 Å². The Morgan fingerprint density at radius 3 is 2.62 bits per heavy atom. The molecule has 2 unspecified atom stereocenters. The summed E-state index contributed by atoms with van der Waals surface area (Å²) in [4.78, 5) is 0. The Bertz CT molecular complexity index is 409. The first kappa shape index (κ1) is 10.3. The van der Waals surface area contributed by atoms with Crippen LogP contribution in [0.2, 0.25) is 0 Å². The molecule has 0 radical (unpaired) electrons. The molecular formula is C14H19NO. The molecule has 0 bridgehead atoms. The number of benzene rings is 1. The lowest BCUT2D eigenvalue weighted by atomic mass is 9.84. The van der Waals surface area contributed by atoms with E-state index in [4.69, 9.17) is 0 Å². The van der Waals surface area contributed by atoms with Gasteiger partial charge in [-0.05, 0) is 24.0 Å². The van der Waals surface area contributed by atoms with Gasteiger partial charge in [-0.1, -0.05) is 38.1 Å². The molecule has 1 saturated carbocycles. The Labute approximate surface area is 96.7 Å². The van der Waals surface area contributed by atoms with E-state index in [1.165, 1.54) is 24.0 Å². The molecule has 2 heteroatoms. The molecule has 2 nitrogen and oxygen atoms in total. The van der Waals surface area contributed by atoms with Gasteiger partial charge in [0, 0.05) is 11.5 Å². The normalized spacial score (nSPS) is 31.4. The summed E-state index contributed by atoms with van der Waals surface area (Å²) in [6.45, 7) is 4.26. The molecule has 1 fully saturated rings. The van der Waals surface area contributed by atoms with E-state index in [0.717, 1.165) is 0 Å². The Hall–Kier alpha value is -0.860. The Kier molecular flexibility index (Phi) is 2.13. The van der Waals surface area contributed by atoms with E-state index >= 15 is 0 Å². The second kappa shape index (κ2) is 3.31. The molecule has 2 aliphatic carbocycles. The van der Waals surface area contributed by atoms with Crippen LogP contribution in [-0.4, -0.2) is 17.3 Å². The van der Waals surface area contributed by atoms with Gasteiger partial charge in [0.2, 0.25) is 0 Å². The maximum atomic E-state index is 10.5. The summed E-state index contributed by atoms with van der Waals surface area (Å²) in [6.07, 6.45) is 2.20.